The molecule has 0 bridgehead atoms. The second-order valence-electron chi connectivity index (χ2n) is 6.10. The quantitative estimate of drug-likeness (QED) is 0.768. The van der Waals surface area contributed by atoms with Gasteiger partial charge in [0.25, 0.3) is 5.91 Å². The maximum Gasteiger partial charge on any atom is 0.325 e. The van der Waals surface area contributed by atoms with Gasteiger partial charge in [0, 0.05) is 12.1 Å². The molecule has 1 saturated carbocycles. The number of hydrogen-bond donors (Lipinski definition) is 1. The minimum Gasteiger partial charge on any atom is -0.464 e. The molecule has 24 heavy (non-hydrogen) atoms. The fraction of sp³-hybridized carbons (Fsp3) is 0.500. The van der Waals surface area contributed by atoms with Crippen molar-refractivity contribution in [2.75, 3.05) is 29.8 Å². The average molecular weight is 352 g/mol. The van der Waals surface area contributed by atoms with E-state index in [2.05, 4.69) is 5.32 Å². The predicted octanol–water partition coefficient (Wildman–Crippen LogP) is 0.909. The Hall–Kier alpha value is -2.09. The topological polar surface area (TPSA) is 92.8 Å². The summed E-state index contributed by atoms with van der Waals surface area (Å²) in [5, 5.41) is 2.50. The molecule has 1 N–H and O–H groups in total. The number of rotatable bonds is 6. The van der Waals surface area contributed by atoms with Gasteiger partial charge in [-0.05, 0) is 49.4 Å². The molecule has 0 radical (unpaired) electrons. The first-order valence-corrected chi connectivity index (χ1v) is 9.61. The molecule has 130 valence electrons. The van der Waals surface area contributed by atoms with Crippen LogP contribution in [0.15, 0.2) is 24.3 Å². The lowest BCUT2D eigenvalue weighted by Crippen LogP contribution is -2.31. The van der Waals surface area contributed by atoms with E-state index in [4.69, 9.17) is 4.74 Å². The van der Waals surface area contributed by atoms with Crippen molar-refractivity contribution >= 4 is 27.6 Å². The predicted molar refractivity (Wildman–Crippen MR) is 88.2 cm³/mol. The van der Waals surface area contributed by atoms with Gasteiger partial charge in [-0.15, -0.1) is 0 Å². The molecule has 2 fully saturated rings. The number of ether oxygens (including phenoxy) is 1. The number of carbonyl (C=O) groups excluding carboxylic acids is 2. The van der Waals surface area contributed by atoms with Gasteiger partial charge >= 0.3 is 5.97 Å². The Labute approximate surface area is 141 Å². The zero-order valence-corrected chi connectivity index (χ0v) is 14.0. The molecule has 1 aliphatic carbocycles. The molecule has 1 heterocycles. The van der Waals surface area contributed by atoms with E-state index < -0.39 is 21.9 Å². The fourth-order valence-corrected chi connectivity index (χ4v) is 4.07. The molecule has 0 aromatic heterocycles. The third-order valence-electron chi connectivity index (χ3n) is 4.09. The molecule has 1 aromatic carbocycles. The van der Waals surface area contributed by atoms with E-state index >= 15 is 0 Å². The van der Waals surface area contributed by atoms with E-state index in [1.807, 2.05) is 0 Å². The average Bonchev–Trinajstić information content (AvgIpc) is 3.33. The van der Waals surface area contributed by atoms with Crippen molar-refractivity contribution in [3.05, 3.63) is 29.8 Å². The summed E-state index contributed by atoms with van der Waals surface area (Å²) in [6.45, 7) is 0.711. The number of amides is 1. The summed E-state index contributed by atoms with van der Waals surface area (Å²) in [4.78, 5) is 23.5. The van der Waals surface area contributed by atoms with Crippen molar-refractivity contribution in [2.24, 2.45) is 5.92 Å². The van der Waals surface area contributed by atoms with Crippen molar-refractivity contribution in [2.45, 2.75) is 19.3 Å². The van der Waals surface area contributed by atoms with Crippen molar-refractivity contribution in [3.63, 3.8) is 0 Å². The second-order valence-corrected chi connectivity index (χ2v) is 8.11. The minimum atomic E-state index is -3.23. The summed E-state index contributed by atoms with van der Waals surface area (Å²) in [6, 6.07) is 6.30. The summed E-state index contributed by atoms with van der Waals surface area (Å²) < 4.78 is 30.1. The van der Waals surface area contributed by atoms with Gasteiger partial charge in [0.15, 0.2) is 0 Å². The van der Waals surface area contributed by atoms with Crippen LogP contribution in [0.1, 0.15) is 29.6 Å². The monoisotopic (exact) mass is 352 g/mol. The highest BCUT2D eigenvalue weighted by Crippen LogP contribution is 2.28. The van der Waals surface area contributed by atoms with Crippen LogP contribution in [0.25, 0.3) is 0 Å². The maximum atomic E-state index is 12.0. The molecule has 0 unspecified atom stereocenters. The Morgan fingerprint density at radius 2 is 1.92 bits per heavy atom. The van der Waals surface area contributed by atoms with E-state index in [1.165, 1.54) is 4.31 Å². The number of hydrogen-bond acceptors (Lipinski definition) is 5. The van der Waals surface area contributed by atoms with Gasteiger partial charge in [-0.3, -0.25) is 13.9 Å². The zero-order valence-electron chi connectivity index (χ0n) is 13.2. The Morgan fingerprint density at radius 3 is 2.50 bits per heavy atom. The molecule has 0 atom stereocenters. The summed E-state index contributed by atoms with van der Waals surface area (Å²) >= 11 is 0. The number of nitrogens with zero attached hydrogens (tertiary/aromatic N) is 1. The summed E-state index contributed by atoms with van der Waals surface area (Å²) in [6.07, 6.45) is 2.80. The van der Waals surface area contributed by atoms with Crippen LogP contribution in [0, 0.1) is 5.92 Å². The lowest BCUT2D eigenvalue weighted by atomic mass is 10.2. The van der Waals surface area contributed by atoms with Gasteiger partial charge in [-0.1, -0.05) is 0 Å². The highest BCUT2D eigenvalue weighted by Gasteiger charge is 2.28. The molecule has 1 aliphatic heterocycles. The number of benzene rings is 1. The minimum absolute atomic E-state index is 0.151. The number of nitrogens with one attached hydrogen (secondary N) is 1. The highest BCUT2D eigenvalue weighted by molar-refractivity contribution is 7.93. The van der Waals surface area contributed by atoms with Crippen LogP contribution in [0.2, 0.25) is 0 Å². The summed E-state index contributed by atoms with van der Waals surface area (Å²) in [5.41, 5.74) is 0.915. The molecule has 3 rings (SSSR count). The van der Waals surface area contributed by atoms with Crippen molar-refractivity contribution in [1.82, 2.24) is 5.32 Å². The Bertz CT molecular complexity index is 725. The molecule has 2 aliphatic rings. The fourth-order valence-electron chi connectivity index (χ4n) is 2.51. The molecule has 8 heteroatoms. The lowest BCUT2D eigenvalue weighted by Gasteiger charge is -2.17. The summed E-state index contributed by atoms with van der Waals surface area (Å²) in [7, 11) is -3.23. The molecule has 1 aromatic rings. The van der Waals surface area contributed by atoms with Crippen LogP contribution in [0.4, 0.5) is 5.69 Å². The first-order valence-electron chi connectivity index (χ1n) is 8.00. The third kappa shape index (κ3) is 4.05. The number of sulfonamides is 1. The van der Waals surface area contributed by atoms with Gasteiger partial charge < -0.3 is 10.1 Å². The number of carbonyl (C=O) groups is 2. The van der Waals surface area contributed by atoms with E-state index in [0.717, 1.165) is 12.8 Å². The highest BCUT2D eigenvalue weighted by atomic mass is 32.2. The van der Waals surface area contributed by atoms with Crippen molar-refractivity contribution in [1.29, 1.82) is 0 Å². The van der Waals surface area contributed by atoms with Gasteiger partial charge in [-0.2, -0.15) is 0 Å². The normalized spacial score (nSPS) is 19.1. The van der Waals surface area contributed by atoms with Crippen LogP contribution in [-0.2, 0) is 19.6 Å². The molecule has 0 spiro atoms. The Morgan fingerprint density at radius 1 is 1.21 bits per heavy atom. The number of anilines is 1. The van der Waals surface area contributed by atoms with Crippen molar-refractivity contribution < 1.29 is 22.7 Å². The molecular weight excluding hydrogens is 332 g/mol. The van der Waals surface area contributed by atoms with Crippen LogP contribution in [-0.4, -0.2) is 45.7 Å². The Kier molecular flexibility index (Phi) is 4.75. The van der Waals surface area contributed by atoms with Crippen LogP contribution >= 0.6 is 0 Å². The van der Waals surface area contributed by atoms with E-state index in [-0.39, 0.29) is 12.3 Å². The third-order valence-corrected chi connectivity index (χ3v) is 5.96. The van der Waals surface area contributed by atoms with Crippen molar-refractivity contribution in [3.8, 4) is 0 Å². The van der Waals surface area contributed by atoms with E-state index in [0.29, 0.717) is 36.7 Å². The first-order chi connectivity index (χ1) is 11.5. The smallest absolute Gasteiger partial charge is 0.325 e. The van der Waals surface area contributed by atoms with Gasteiger partial charge in [0.1, 0.15) is 6.54 Å². The van der Waals surface area contributed by atoms with Gasteiger partial charge in [0.05, 0.1) is 18.0 Å². The van der Waals surface area contributed by atoms with Crippen LogP contribution in [0.3, 0.4) is 0 Å². The second kappa shape index (κ2) is 6.80. The number of esters is 1. The molecule has 1 amide bonds. The van der Waals surface area contributed by atoms with Crippen LogP contribution < -0.4 is 9.62 Å². The zero-order chi connectivity index (χ0) is 17.2. The molecular formula is C16H20N2O5S. The SMILES string of the molecule is O=C(CNC(=O)c1ccc(N2CCCS2(=O)=O)cc1)OCC1CC1. The Balaban J connectivity index is 1.52. The standard InChI is InChI=1S/C16H20N2O5S/c19-15(23-11-12-2-3-12)10-17-16(20)13-4-6-14(7-5-13)18-8-1-9-24(18,21)22/h4-7,12H,1-3,8-11H2,(H,17,20). The van der Waals surface area contributed by atoms with E-state index in [9.17, 15) is 18.0 Å². The van der Waals surface area contributed by atoms with Gasteiger partial charge in [0.2, 0.25) is 10.0 Å². The largest absolute Gasteiger partial charge is 0.464 e. The lowest BCUT2D eigenvalue weighted by molar-refractivity contribution is -0.142. The summed E-state index contributed by atoms with van der Waals surface area (Å²) in [5.74, 6) is -0.207. The molecule has 1 saturated heterocycles. The van der Waals surface area contributed by atoms with Crippen LogP contribution in [0.5, 0.6) is 0 Å². The first kappa shape index (κ1) is 16.8. The van der Waals surface area contributed by atoms with E-state index in [1.54, 1.807) is 24.3 Å². The maximum absolute atomic E-state index is 12.0. The van der Waals surface area contributed by atoms with Gasteiger partial charge in [-0.25, -0.2) is 8.42 Å². The molecule has 7 nitrogen and oxygen atoms in total.